The smallest absolute Gasteiger partial charge is 0.225 e. The van der Waals surface area contributed by atoms with Crippen LogP contribution < -0.4 is 9.64 Å². The van der Waals surface area contributed by atoms with Crippen LogP contribution in [0.3, 0.4) is 0 Å². The molecule has 1 aliphatic heterocycles. The number of hydrogen-bond donors (Lipinski definition) is 0. The van der Waals surface area contributed by atoms with Crippen LogP contribution in [-0.2, 0) is 11.3 Å². The van der Waals surface area contributed by atoms with Crippen molar-refractivity contribution < 1.29 is 9.47 Å². The van der Waals surface area contributed by atoms with Crippen LogP contribution in [-0.4, -0.2) is 41.1 Å². The predicted molar refractivity (Wildman–Crippen MR) is 83.5 cm³/mol. The second kappa shape index (κ2) is 6.67. The number of methoxy groups -OCH3 is 1. The van der Waals surface area contributed by atoms with Crippen LogP contribution >= 0.6 is 23.1 Å². The molecule has 1 saturated heterocycles. The van der Waals surface area contributed by atoms with Crippen LogP contribution in [0.1, 0.15) is 29.5 Å². The summed E-state index contributed by atoms with van der Waals surface area (Å²) in [5, 5.41) is 0.948. The van der Waals surface area contributed by atoms with Crippen molar-refractivity contribution in [2.75, 3.05) is 32.3 Å². The van der Waals surface area contributed by atoms with E-state index in [9.17, 15) is 0 Å². The number of nitrogens with zero attached hydrogens (tertiary/aromatic N) is 4. The van der Waals surface area contributed by atoms with Crippen molar-refractivity contribution in [3.63, 3.8) is 0 Å². The van der Waals surface area contributed by atoms with Gasteiger partial charge in [-0.05, 0) is 24.4 Å². The predicted octanol–water partition coefficient (Wildman–Crippen LogP) is 2.53. The Bertz CT molecular complexity index is 580. The van der Waals surface area contributed by atoms with Crippen LogP contribution in [0.2, 0.25) is 0 Å². The molecule has 0 N–H and O–H groups in total. The molecule has 21 heavy (non-hydrogen) atoms. The van der Waals surface area contributed by atoms with E-state index < -0.39 is 0 Å². The van der Waals surface area contributed by atoms with Gasteiger partial charge >= 0.3 is 0 Å². The standard InChI is InChI=1S/C13H18N4O2S2/c1-17(8-10-7-11(18-2)15-20-10)13-14-12(16-21-13)9-3-5-19-6-4-9/h7,9H,3-6,8H2,1-2H3. The molecule has 114 valence electrons. The van der Waals surface area contributed by atoms with E-state index >= 15 is 0 Å². The largest absolute Gasteiger partial charge is 0.480 e. The molecule has 6 nitrogen and oxygen atoms in total. The molecule has 3 heterocycles. The molecular weight excluding hydrogens is 308 g/mol. The highest BCUT2D eigenvalue weighted by atomic mass is 32.1. The fourth-order valence-electron chi connectivity index (χ4n) is 2.27. The molecule has 0 bridgehead atoms. The van der Waals surface area contributed by atoms with Crippen molar-refractivity contribution in [1.82, 2.24) is 13.7 Å². The Hall–Kier alpha value is -1.25. The summed E-state index contributed by atoms with van der Waals surface area (Å²) in [5.41, 5.74) is 0. The van der Waals surface area contributed by atoms with Crippen molar-refractivity contribution in [1.29, 1.82) is 0 Å². The van der Waals surface area contributed by atoms with Crippen molar-refractivity contribution in [2.24, 2.45) is 0 Å². The molecule has 2 aromatic rings. The molecule has 0 radical (unpaired) electrons. The van der Waals surface area contributed by atoms with Gasteiger partial charge in [0.05, 0.1) is 13.7 Å². The number of aromatic nitrogens is 3. The lowest BCUT2D eigenvalue weighted by Crippen LogP contribution is -2.17. The highest BCUT2D eigenvalue weighted by Crippen LogP contribution is 2.29. The average Bonchev–Trinajstić information content (AvgIpc) is 3.17. The molecule has 0 aliphatic carbocycles. The molecule has 1 fully saturated rings. The summed E-state index contributed by atoms with van der Waals surface area (Å²) < 4.78 is 19.2. The fraction of sp³-hybridized carbons (Fsp3) is 0.615. The van der Waals surface area contributed by atoms with Gasteiger partial charge in [-0.25, -0.2) is 4.98 Å². The molecule has 0 amide bonds. The molecular formula is C13H18N4O2S2. The molecule has 2 aromatic heterocycles. The lowest BCUT2D eigenvalue weighted by molar-refractivity contribution is 0.0838. The maximum Gasteiger partial charge on any atom is 0.225 e. The van der Waals surface area contributed by atoms with Gasteiger partial charge in [0.2, 0.25) is 11.0 Å². The highest BCUT2D eigenvalue weighted by Gasteiger charge is 2.21. The maximum absolute atomic E-state index is 5.39. The molecule has 1 aliphatic rings. The lowest BCUT2D eigenvalue weighted by atomic mass is 10.00. The van der Waals surface area contributed by atoms with Crippen LogP contribution in [0.4, 0.5) is 5.13 Å². The molecule has 0 atom stereocenters. The van der Waals surface area contributed by atoms with E-state index in [0.29, 0.717) is 11.8 Å². The maximum atomic E-state index is 5.39. The quantitative estimate of drug-likeness (QED) is 0.841. The van der Waals surface area contributed by atoms with Crippen LogP contribution in [0.25, 0.3) is 0 Å². The zero-order chi connectivity index (χ0) is 14.7. The van der Waals surface area contributed by atoms with Crippen molar-refractivity contribution >= 4 is 28.2 Å². The third-order valence-corrected chi connectivity index (χ3v) is 5.08. The van der Waals surface area contributed by atoms with Crippen molar-refractivity contribution in [3.8, 4) is 5.88 Å². The van der Waals surface area contributed by atoms with Gasteiger partial charge < -0.3 is 14.4 Å². The number of anilines is 1. The van der Waals surface area contributed by atoms with Crippen molar-refractivity contribution in [3.05, 3.63) is 16.8 Å². The number of hydrogen-bond acceptors (Lipinski definition) is 8. The lowest BCUT2D eigenvalue weighted by Gasteiger charge is -2.19. The van der Waals surface area contributed by atoms with Gasteiger partial charge in [0.15, 0.2) is 0 Å². The summed E-state index contributed by atoms with van der Waals surface area (Å²) in [6.07, 6.45) is 2.04. The van der Waals surface area contributed by atoms with E-state index in [1.54, 1.807) is 7.11 Å². The first-order valence-electron chi connectivity index (χ1n) is 6.88. The monoisotopic (exact) mass is 326 g/mol. The Balaban J connectivity index is 1.64. The molecule has 3 rings (SSSR count). The van der Waals surface area contributed by atoms with Crippen LogP contribution in [0, 0.1) is 0 Å². The SMILES string of the molecule is COc1cc(CN(C)c2nc(C3CCOCC3)ns2)sn1. The third kappa shape index (κ3) is 3.50. The summed E-state index contributed by atoms with van der Waals surface area (Å²) >= 11 is 2.92. The van der Waals surface area contributed by atoms with E-state index in [4.69, 9.17) is 9.47 Å². The van der Waals surface area contributed by atoms with E-state index in [1.807, 2.05) is 13.1 Å². The van der Waals surface area contributed by atoms with E-state index in [2.05, 4.69) is 18.6 Å². The van der Waals surface area contributed by atoms with Crippen molar-refractivity contribution in [2.45, 2.75) is 25.3 Å². The Labute approximate surface area is 132 Å². The number of ether oxygens (including phenoxy) is 2. The molecule has 8 heteroatoms. The molecule has 0 saturated carbocycles. The Morgan fingerprint density at radius 3 is 2.86 bits per heavy atom. The van der Waals surface area contributed by atoms with E-state index in [1.165, 1.54) is 23.1 Å². The molecule has 0 aromatic carbocycles. The average molecular weight is 326 g/mol. The van der Waals surface area contributed by atoms with Crippen LogP contribution in [0.5, 0.6) is 5.88 Å². The zero-order valence-corrected chi connectivity index (χ0v) is 13.7. The first-order valence-corrected chi connectivity index (χ1v) is 8.43. The zero-order valence-electron chi connectivity index (χ0n) is 12.1. The minimum Gasteiger partial charge on any atom is -0.480 e. The second-order valence-electron chi connectivity index (χ2n) is 5.01. The topological polar surface area (TPSA) is 60.4 Å². The third-order valence-electron chi connectivity index (χ3n) is 3.48. The van der Waals surface area contributed by atoms with E-state index in [0.717, 1.165) is 48.4 Å². The normalized spacial score (nSPS) is 16.1. The minimum absolute atomic E-state index is 0.445. The first-order chi connectivity index (χ1) is 10.3. The second-order valence-corrected chi connectivity index (χ2v) is 6.63. The first kappa shape index (κ1) is 14.7. The highest BCUT2D eigenvalue weighted by molar-refractivity contribution is 7.09. The Morgan fingerprint density at radius 2 is 2.14 bits per heavy atom. The van der Waals surface area contributed by atoms with Crippen LogP contribution in [0.15, 0.2) is 6.07 Å². The molecule has 0 unspecified atom stereocenters. The van der Waals surface area contributed by atoms with Gasteiger partial charge in [-0.1, -0.05) is 0 Å². The van der Waals surface area contributed by atoms with Gasteiger partial charge in [0.1, 0.15) is 5.82 Å². The van der Waals surface area contributed by atoms with Gasteiger partial charge in [-0.15, -0.1) is 0 Å². The van der Waals surface area contributed by atoms with Gasteiger partial charge in [-0.2, -0.15) is 8.75 Å². The number of rotatable bonds is 5. The molecule has 0 spiro atoms. The summed E-state index contributed by atoms with van der Waals surface area (Å²) in [5.74, 6) is 2.08. The van der Waals surface area contributed by atoms with E-state index in [-0.39, 0.29) is 0 Å². The summed E-state index contributed by atoms with van der Waals surface area (Å²) in [6, 6.07) is 1.96. The summed E-state index contributed by atoms with van der Waals surface area (Å²) in [7, 11) is 3.66. The summed E-state index contributed by atoms with van der Waals surface area (Å²) in [4.78, 5) is 7.94. The van der Waals surface area contributed by atoms with Gasteiger partial charge in [0.25, 0.3) is 0 Å². The van der Waals surface area contributed by atoms with Gasteiger partial charge in [-0.3, -0.25) is 0 Å². The van der Waals surface area contributed by atoms with Gasteiger partial charge in [0, 0.05) is 48.7 Å². The summed E-state index contributed by atoms with van der Waals surface area (Å²) in [6.45, 7) is 2.40. The Kier molecular flexibility index (Phi) is 4.67. The fourth-order valence-corrected chi connectivity index (χ4v) is 3.71. The minimum atomic E-state index is 0.445. The Morgan fingerprint density at radius 1 is 1.33 bits per heavy atom.